The monoisotopic (exact) mass is 270 g/mol. The average Bonchev–Trinajstić information content (AvgIpc) is 2.48. The van der Waals surface area contributed by atoms with Gasteiger partial charge in [0.15, 0.2) is 0 Å². The summed E-state index contributed by atoms with van der Waals surface area (Å²) in [5.74, 6) is 0.890. The quantitative estimate of drug-likeness (QED) is 0.840. The SMILES string of the molecule is CN(CCOc1cccc(CN)c1)Cc1ccccc1. The molecule has 0 atom stereocenters. The first-order valence-electron chi connectivity index (χ1n) is 6.92. The van der Waals surface area contributed by atoms with Crippen molar-refractivity contribution in [1.29, 1.82) is 0 Å². The summed E-state index contributed by atoms with van der Waals surface area (Å²) in [6, 6.07) is 18.4. The topological polar surface area (TPSA) is 38.5 Å². The number of hydrogen-bond donors (Lipinski definition) is 1. The van der Waals surface area contributed by atoms with Crippen molar-refractivity contribution in [2.45, 2.75) is 13.1 Å². The summed E-state index contributed by atoms with van der Waals surface area (Å²) in [5.41, 5.74) is 8.03. The van der Waals surface area contributed by atoms with Crippen LogP contribution >= 0.6 is 0 Å². The van der Waals surface area contributed by atoms with E-state index in [4.69, 9.17) is 10.5 Å². The highest BCUT2D eigenvalue weighted by Gasteiger charge is 2.01. The van der Waals surface area contributed by atoms with Crippen molar-refractivity contribution in [2.24, 2.45) is 5.73 Å². The molecule has 0 radical (unpaired) electrons. The number of nitrogens with two attached hydrogens (primary N) is 1. The average molecular weight is 270 g/mol. The highest BCUT2D eigenvalue weighted by atomic mass is 16.5. The van der Waals surface area contributed by atoms with Crippen LogP contribution in [-0.4, -0.2) is 25.1 Å². The lowest BCUT2D eigenvalue weighted by atomic mass is 10.2. The highest BCUT2D eigenvalue weighted by Crippen LogP contribution is 2.12. The van der Waals surface area contributed by atoms with E-state index in [1.165, 1.54) is 5.56 Å². The molecule has 0 aliphatic carbocycles. The molecule has 106 valence electrons. The third-order valence-electron chi connectivity index (χ3n) is 3.17. The summed E-state index contributed by atoms with van der Waals surface area (Å²) in [4.78, 5) is 2.25. The van der Waals surface area contributed by atoms with Gasteiger partial charge in [0, 0.05) is 19.6 Å². The normalized spacial score (nSPS) is 10.8. The van der Waals surface area contributed by atoms with Crippen LogP contribution in [-0.2, 0) is 13.1 Å². The Balaban J connectivity index is 1.75. The summed E-state index contributed by atoms with van der Waals surface area (Å²) >= 11 is 0. The van der Waals surface area contributed by atoms with E-state index < -0.39 is 0 Å². The fourth-order valence-corrected chi connectivity index (χ4v) is 2.06. The molecule has 3 nitrogen and oxygen atoms in total. The molecular formula is C17H22N2O. The van der Waals surface area contributed by atoms with Gasteiger partial charge in [-0.15, -0.1) is 0 Å². The van der Waals surface area contributed by atoms with Crippen molar-refractivity contribution >= 4 is 0 Å². The predicted octanol–water partition coefficient (Wildman–Crippen LogP) is 2.66. The summed E-state index contributed by atoms with van der Waals surface area (Å²) < 4.78 is 5.76. The summed E-state index contributed by atoms with van der Waals surface area (Å²) in [7, 11) is 2.10. The Labute approximate surface area is 121 Å². The number of hydrogen-bond acceptors (Lipinski definition) is 3. The van der Waals surface area contributed by atoms with Crippen LogP contribution in [0.4, 0.5) is 0 Å². The second-order valence-corrected chi connectivity index (χ2v) is 4.92. The van der Waals surface area contributed by atoms with E-state index in [0.29, 0.717) is 13.2 Å². The predicted molar refractivity (Wildman–Crippen MR) is 82.6 cm³/mol. The van der Waals surface area contributed by atoms with E-state index >= 15 is 0 Å². The first kappa shape index (κ1) is 14.6. The molecule has 0 spiro atoms. The zero-order chi connectivity index (χ0) is 14.2. The summed E-state index contributed by atoms with van der Waals surface area (Å²) in [5, 5.41) is 0. The zero-order valence-corrected chi connectivity index (χ0v) is 12.0. The van der Waals surface area contributed by atoms with Crippen LogP contribution in [0, 0.1) is 0 Å². The lowest BCUT2D eigenvalue weighted by Crippen LogP contribution is -2.23. The number of benzene rings is 2. The van der Waals surface area contributed by atoms with Gasteiger partial charge in [0.1, 0.15) is 12.4 Å². The maximum absolute atomic E-state index is 5.76. The van der Waals surface area contributed by atoms with Crippen molar-refractivity contribution in [1.82, 2.24) is 4.90 Å². The van der Waals surface area contributed by atoms with Gasteiger partial charge in [0.25, 0.3) is 0 Å². The Morgan fingerprint density at radius 1 is 1.00 bits per heavy atom. The molecule has 0 aliphatic rings. The molecule has 2 aromatic carbocycles. The van der Waals surface area contributed by atoms with E-state index in [-0.39, 0.29) is 0 Å². The minimum atomic E-state index is 0.547. The Hall–Kier alpha value is -1.84. The number of ether oxygens (including phenoxy) is 1. The molecular weight excluding hydrogens is 248 g/mol. The van der Waals surface area contributed by atoms with E-state index in [0.717, 1.165) is 24.4 Å². The van der Waals surface area contributed by atoms with E-state index in [2.05, 4.69) is 36.2 Å². The van der Waals surface area contributed by atoms with Crippen molar-refractivity contribution in [3.8, 4) is 5.75 Å². The molecule has 0 unspecified atom stereocenters. The zero-order valence-electron chi connectivity index (χ0n) is 12.0. The van der Waals surface area contributed by atoms with Gasteiger partial charge in [0.05, 0.1) is 0 Å². The molecule has 0 bridgehead atoms. The third-order valence-corrected chi connectivity index (χ3v) is 3.17. The minimum absolute atomic E-state index is 0.547. The van der Waals surface area contributed by atoms with Crippen molar-refractivity contribution in [3.05, 3.63) is 65.7 Å². The molecule has 0 aliphatic heterocycles. The molecule has 0 saturated carbocycles. The van der Waals surface area contributed by atoms with Crippen molar-refractivity contribution < 1.29 is 4.74 Å². The fraction of sp³-hybridized carbons (Fsp3) is 0.294. The van der Waals surface area contributed by atoms with Crippen LogP contribution in [0.1, 0.15) is 11.1 Å². The van der Waals surface area contributed by atoms with E-state index in [1.54, 1.807) is 0 Å². The Morgan fingerprint density at radius 2 is 1.75 bits per heavy atom. The van der Waals surface area contributed by atoms with Gasteiger partial charge in [-0.05, 0) is 30.3 Å². The van der Waals surface area contributed by atoms with E-state index in [1.807, 2.05) is 30.3 Å². The Bertz CT molecular complexity index is 513. The number of likely N-dealkylation sites (N-methyl/N-ethyl adjacent to an activating group) is 1. The summed E-state index contributed by atoms with van der Waals surface area (Å²) in [6.07, 6.45) is 0. The van der Waals surface area contributed by atoms with Crippen LogP contribution in [0.25, 0.3) is 0 Å². The lowest BCUT2D eigenvalue weighted by Gasteiger charge is -2.17. The van der Waals surface area contributed by atoms with Crippen molar-refractivity contribution in [3.63, 3.8) is 0 Å². The maximum atomic E-state index is 5.76. The smallest absolute Gasteiger partial charge is 0.119 e. The maximum Gasteiger partial charge on any atom is 0.119 e. The first-order chi connectivity index (χ1) is 9.78. The fourth-order valence-electron chi connectivity index (χ4n) is 2.06. The standard InChI is InChI=1S/C17H22N2O/c1-19(14-15-6-3-2-4-7-15)10-11-20-17-9-5-8-16(12-17)13-18/h2-9,12H,10-11,13-14,18H2,1H3. The molecule has 0 heterocycles. The van der Waals surface area contributed by atoms with Gasteiger partial charge in [-0.25, -0.2) is 0 Å². The van der Waals surface area contributed by atoms with Gasteiger partial charge in [0.2, 0.25) is 0 Å². The number of nitrogens with zero attached hydrogens (tertiary/aromatic N) is 1. The van der Waals surface area contributed by atoms with Crippen molar-refractivity contribution in [2.75, 3.05) is 20.2 Å². The van der Waals surface area contributed by atoms with Crippen LogP contribution in [0.5, 0.6) is 5.75 Å². The highest BCUT2D eigenvalue weighted by molar-refractivity contribution is 5.28. The summed E-state index contributed by atoms with van der Waals surface area (Å²) in [6.45, 7) is 3.05. The van der Waals surface area contributed by atoms with Gasteiger partial charge in [-0.1, -0.05) is 42.5 Å². The number of rotatable bonds is 7. The van der Waals surface area contributed by atoms with E-state index in [9.17, 15) is 0 Å². The Morgan fingerprint density at radius 3 is 2.50 bits per heavy atom. The van der Waals surface area contributed by atoms with Crippen LogP contribution in [0.15, 0.2) is 54.6 Å². The second kappa shape index (κ2) is 7.68. The molecule has 3 heteroatoms. The molecule has 0 fully saturated rings. The lowest BCUT2D eigenvalue weighted by molar-refractivity contribution is 0.233. The van der Waals surface area contributed by atoms with Crippen LogP contribution in [0.3, 0.4) is 0 Å². The molecule has 0 saturated heterocycles. The molecule has 2 rings (SSSR count). The molecule has 2 N–H and O–H groups in total. The third kappa shape index (κ3) is 4.68. The first-order valence-corrected chi connectivity index (χ1v) is 6.92. The van der Waals surface area contributed by atoms with Gasteiger partial charge in [-0.2, -0.15) is 0 Å². The second-order valence-electron chi connectivity index (χ2n) is 4.92. The molecule has 0 amide bonds. The molecule has 20 heavy (non-hydrogen) atoms. The van der Waals surface area contributed by atoms with Gasteiger partial charge >= 0.3 is 0 Å². The molecule has 0 aromatic heterocycles. The minimum Gasteiger partial charge on any atom is -0.492 e. The van der Waals surface area contributed by atoms with Gasteiger partial charge < -0.3 is 10.5 Å². The largest absolute Gasteiger partial charge is 0.492 e. The van der Waals surface area contributed by atoms with Crippen LogP contribution in [0.2, 0.25) is 0 Å². The molecule has 2 aromatic rings. The van der Waals surface area contributed by atoms with Crippen LogP contribution < -0.4 is 10.5 Å². The van der Waals surface area contributed by atoms with Gasteiger partial charge in [-0.3, -0.25) is 4.90 Å². The Kier molecular flexibility index (Phi) is 5.59.